The van der Waals surface area contributed by atoms with E-state index < -0.39 is 5.92 Å². The summed E-state index contributed by atoms with van der Waals surface area (Å²) in [6, 6.07) is 9.63. The Balaban J connectivity index is 1.34. The first-order valence-corrected chi connectivity index (χ1v) is 13.0. The van der Waals surface area contributed by atoms with Crippen molar-refractivity contribution in [1.29, 1.82) is 0 Å². The van der Waals surface area contributed by atoms with E-state index in [1.165, 1.54) is 7.11 Å². The fraction of sp³-hybridized carbons (Fsp3) is 0.630. The van der Waals surface area contributed by atoms with Gasteiger partial charge < -0.3 is 24.6 Å². The lowest BCUT2D eigenvalue weighted by Gasteiger charge is -2.34. The summed E-state index contributed by atoms with van der Waals surface area (Å²) in [5, 5.41) is 2.82. The molecule has 2 aliphatic heterocycles. The van der Waals surface area contributed by atoms with Gasteiger partial charge in [0.15, 0.2) is 0 Å². The Kier molecular flexibility index (Phi) is 10.6. The predicted molar refractivity (Wildman–Crippen MR) is 134 cm³/mol. The van der Waals surface area contributed by atoms with Crippen LogP contribution in [0.2, 0.25) is 0 Å². The Hall–Kier alpha value is -3.10. The van der Waals surface area contributed by atoms with Gasteiger partial charge in [0.1, 0.15) is 6.61 Å². The average Bonchev–Trinajstić information content (AvgIpc) is 2.93. The standard InChI is InChI=1S/C27H39N3O6/c1-20(26(33)35-2)17-28-25(32)23-9-6-14-30(18-23)24(31)11-10-21-12-15-29(16-13-21)27(34)36-19-22-7-4-3-5-8-22/h3-5,7-8,20-21,23H,6,9-19H2,1-2H3,(H,28,32). The number of hydrogen-bond donors (Lipinski definition) is 1. The normalized spacial score (nSPS) is 19.3. The summed E-state index contributed by atoms with van der Waals surface area (Å²) in [6.45, 7) is 4.59. The molecule has 2 fully saturated rings. The molecule has 0 aromatic heterocycles. The van der Waals surface area contributed by atoms with Crippen molar-refractivity contribution >= 4 is 23.9 Å². The molecule has 36 heavy (non-hydrogen) atoms. The first-order chi connectivity index (χ1) is 17.4. The number of hydrogen-bond acceptors (Lipinski definition) is 6. The molecule has 1 aromatic rings. The Bertz CT molecular complexity index is 885. The second-order valence-corrected chi connectivity index (χ2v) is 9.86. The Labute approximate surface area is 213 Å². The summed E-state index contributed by atoms with van der Waals surface area (Å²) in [5.41, 5.74) is 0.965. The lowest BCUT2D eigenvalue weighted by Crippen LogP contribution is -2.46. The average molecular weight is 502 g/mol. The molecule has 9 nitrogen and oxygen atoms in total. The summed E-state index contributed by atoms with van der Waals surface area (Å²) in [6.07, 6.45) is 4.20. The van der Waals surface area contributed by atoms with Crippen molar-refractivity contribution in [3.8, 4) is 0 Å². The number of benzene rings is 1. The summed E-state index contributed by atoms with van der Waals surface area (Å²) < 4.78 is 10.1. The van der Waals surface area contributed by atoms with Crippen LogP contribution in [0, 0.1) is 17.8 Å². The number of esters is 1. The van der Waals surface area contributed by atoms with E-state index in [0.717, 1.165) is 37.7 Å². The van der Waals surface area contributed by atoms with Crippen molar-refractivity contribution in [3.63, 3.8) is 0 Å². The van der Waals surface area contributed by atoms with E-state index in [1.807, 2.05) is 30.3 Å². The van der Waals surface area contributed by atoms with Gasteiger partial charge in [0.25, 0.3) is 0 Å². The van der Waals surface area contributed by atoms with Gasteiger partial charge in [-0.3, -0.25) is 14.4 Å². The molecule has 2 aliphatic rings. The van der Waals surface area contributed by atoms with Crippen LogP contribution in [0.3, 0.4) is 0 Å². The lowest BCUT2D eigenvalue weighted by molar-refractivity contribution is -0.144. The molecule has 198 valence electrons. The highest BCUT2D eigenvalue weighted by atomic mass is 16.6. The molecule has 0 bridgehead atoms. The van der Waals surface area contributed by atoms with Crippen LogP contribution in [0.5, 0.6) is 0 Å². The third-order valence-electron chi connectivity index (χ3n) is 7.18. The Morgan fingerprint density at radius 1 is 1.03 bits per heavy atom. The van der Waals surface area contributed by atoms with E-state index in [0.29, 0.717) is 38.5 Å². The van der Waals surface area contributed by atoms with Gasteiger partial charge >= 0.3 is 12.1 Å². The highest BCUT2D eigenvalue weighted by Gasteiger charge is 2.30. The molecule has 0 spiro atoms. The minimum atomic E-state index is -0.405. The van der Waals surface area contributed by atoms with Gasteiger partial charge in [0.05, 0.1) is 18.9 Å². The topological polar surface area (TPSA) is 105 Å². The third-order valence-corrected chi connectivity index (χ3v) is 7.18. The SMILES string of the molecule is COC(=O)C(C)CNC(=O)C1CCCN(C(=O)CCC2CCN(C(=O)OCc3ccccc3)CC2)C1. The van der Waals surface area contributed by atoms with Crippen LogP contribution in [-0.2, 0) is 30.5 Å². The zero-order valence-corrected chi connectivity index (χ0v) is 21.4. The predicted octanol–water partition coefficient (Wildman–Crippen LogP) is 2.98. The van der Waals surface area contributed by atoms with E-state index in [1.54, 1.807) is 16.7 Å². The molecule has 0 radical (unpaired) electrons. The number of carbonyl (C=O) groups excluding carboxylic acids is 4. The van der Waals surface area contributed by atoms with Gasteiger partial charge in [0.2, 0.25) is 11.8 Å². The number of piperidine rings is 2. The second-order valence-electron chi connectivity index (χ2n) is 9.86. The Morgan fingerprint density at radius 2 is 1.75 bits per heavy atom. The number of methoxy groups -OCH3 is 1. The largest absolute Gasteiger partial charge is 0.469 e. The number of rotatable bonds is 9. The van der Waals surface area contributed by atoms with Crippen LogP contribution in [0.25, 0.3) is 0 Å². The molecule has 0 aliphatic carbocycles. The van der Waals surface area contributed by atoms with Crippen molar-refractivity contribution in [2.45, 2.75) is 52.1 Å². The van der Waals surface area contributed by atoms with Gasteiger partial charge in [0, 0.05) is 39.1 Å². The molecule has 0 saturated carbocycles. The van der Waals surface area contributed by atoms with Gasteiger partial charge in [-0.05, 0) is 43.6 Å². The van der Waals surface area contributed by atoms with Crippen molar-refractivity contribution in [2.24, 2.45) is 17.8 Å². The van der Waals surface area contributed by atoms with Crippen LogP contribution < -0.4 is 5.32 Å². The quantitative estimate of drug-likeness (QED) is 0.522. The summed E-state index contributed by atoms with van der Waals surface area (Å²) in [4.78, 5) is 52.8. The molecular weight excluding hydrogens is 462 g/mol. The van der Waals surface area contributed by atoms with Crippen LogP contribution in [-0.4, -0.2) is 73.5 Å². The highest BCUT2D eigenvalue weighted by molar-refractivity contribution is 5.82. The van der Waals surface area contributed by atoms with E-state index in [9.17, 15) is 19.2 Å². The van der Waals surface area contributed by atoms with Crippen molar-refractivity contribution in [2.75, 3.05) is 39.8 Å². The van der Waals surface area contributed by atoms with Crippen LogP contribution in [0.1, 0.15) is 51.0 Å². The fourth-order valence-corrected chi connectivity index (χ4v) is 4.80. The zero-order valence-electron chi connectivity index (χ0n) is 21.4. The molecule has 2 unspecified atom stereocenters. The van der Waals surface area contributed by atoms with Crippen LogP contribution in [0.15, 0.2) is 30.3 Å². The smallest absolute Gasteiger partial charge is 0.410 e. The molecule has 2 atom stereocenters. The van der Waals surface area contributed by atoms with Gasteiger partial charge in [-0.1, -0.05) is 37.3 Å². The monoisotopic (exact) mass is 501 g/mol. The lowest BCUT2D eigenvalue weighted by atomic mass is 9.91. The molecule has 3 amide bonds. The van der Waals surface area contributed by atoms with Gasteiger partial charge in [-0.15, -0.1) is 0 Å². The first-order valence-electron chi connectivity index (χ1n) is 13.0. The van der Waals surface area contributed by atoms with Crippen molar-refractivity contribution in [3.05, 3.63) is 35.9 Å². The molecule has 9 heteroatoms. The van der Waals surface area contributed by atoms with Crippen LogP contribution in [0.4, 0.5) is 4.79 Å². The number of ether oxygens (including phenoxy) is 2. The minimum Gasteiger partial charge on any atom is -0.469 e. The summed E-state index contributed by atoms with van der Waals surface area (Å²) >= 11 is 0. The first kappa shape index (κ1) is 27.5. The highest BCUT2D eigenvalue weighted by Crippen LogP contribution is 2.24. The zero-order chi connectivity index (χ0) is 25.9. The van der Waals surface area contributed by atoms with Crippen molar-refractivity contribution < 1.29 is 28.7 Å². The second kappa shape index (κ2) is 13.8. The molecule has 1 N–H and O–H groups in total. The maximum absolute atomic E-state index is 12.8. The van der Waals surface area contributed by atoms with Crippen molar-refractivity contribution in [1.82, 2.24) is 15.1 Å². The Morgan fingerprint density at radius 3 is 2.44 bits per heavy atom. The molecule has 1 aromatic carbocycles. The summed E-state index contributed by atoms with van der Waals surface area (Å²) in [5.74, 6) is -0.647. The molecule has 2 saturated heterocycles. The third kappa shape index (κ3) is 8.24. The summed E-state index contributed by atoms with van der Waals surface area (Å²) in [7, 11) is 1.33. The van der Waals surface area contributed by atoms with Gasteiger partial charge in [-0.2, -0.15) is 0 Å². The number of nitrogens with zero attached hydrogens (tertiary/aromatic N) is 2. The van der Waals surface area contributed by atoms with Crippen LogP contribution >= 0.6 is 0 Å². The number of nitrogens with one attached hydrogen (secondary N) is 1. The van der Waals surface area contributed by atoms with E-state index in [2.05, 4.69) is 5.32 Å². The van der Waals surface area contributed by atoms with E-state index in [4.69, 9.17) is 9.47 Å². The number of likely N-dealkylation sites (tertiary alicyclic amines) is 2. The van der Waals surface area contributed by atoms with E-state index >= 15 is 0 Å². The minimum absolute atomic E-state index is 0.0835. The molecule has 2 heterocycles. The maximum Gasteiger partial charge on any atom is 0.410 e. The van der Waals surface area contributed by atoms with E-state index in [-0.39, 0.29) is 42.9 Å². The van der Waals surface area contributed by atoms with Gasteiger partial charge in [-0.25, -0.2) is 4.79 Å². The fourth-order valence-electron chi connectivity index (χ4n) is 4.80. The number of carbonyl (C=O) groups is 4. The molecular formula is C27H39N3O6. The number of amides is 3. The maximum atomic E-state index is 12.8. The molecule has 3 rings (SSSR count).